The molecule has 0 heterocycles. The molecule has 2 saturated carbocycles. The third-order valence-electron chi connectivity index (χ3n) is 6.25. The van der Waals surface area contributed by atoms with Gasteiger partial charge >= 0.3 is 0 Å². The van der Waals surface area contributed by atoms with Crippen LogP contribution in [0.5, 0.6) is 11.5 Å². The maximum absolute atomic E-state index is 11.5. The average molecular weight is 360 g/mol. The molecule has 4 heteroatoms. The van der Waals surface area contributed by atoms with E-state index in [2.05, 4.69) is 13.8 Å². The van der Waals surface area contributed by atoms with Crippen LogP contribution in [0.4, 0.5) is 0 Å². The maximum atomic E-state index is 11.5. The van der Waals surface area contributed by atoms with Gasteiger partial charge in [-0.2, -0.15) is 0 Å². The second-order valence-corrected chi connectivity index (χ2v) is 8.39. The Morgan fingerprint density at radius 2 is 1.92 bits per heavy atom. The Labute approximate surface area is 156 Å². The van der Waals surface area contributed by atoms with Gasteiger partial charge in [0.1, 0.15) is 11.6 Å². The van der Waals surface area contributed by atoms with Crippen molar-refractivity contribution in [3.63, 3.8) is 0 Å². The number of ketones is 2. The van der Waals surface area contributed by atoms with Crippen molar-refractivity contribution in [3.05, 3.63) is 23.8 Å². The van der Waals surface area contributed by atoms with Gasteiger partial charge in [0, 0.05) is 12.3 Å². The zero-order valence-corrected chi connectivity index (χ0v) is 16.7. The predicted octanol–water partition coefficient (Wildman–Crippen LogP) is 4.57. The van der Waals surface area contributed by atoms with Gasteiger partial charge in [-0.05, 0) is 74.5 Å². The molecule has 144 valence electrons. The number of Topliss-reactive ketones (excluding diaryl/α,β-unsaturated/α-hetero) is 2. The van der Waals surface area contributed by atoms with Crippen molar-refractivity contribution in [2.45, 2.75) is 59.8 Å². The summed E-state index contributed by atoms with van der Waals surface area (Å²) in [5, 5.41) is 9.32. The van der Waals surface area contributed by atoms with E-state index in [4.69, 9.17) is 4.74 Å². The number of carbonyl (C=O) groups is 2. The lowest BCUT2D eigenvalue weighted by Crippen LogP contribution is -2.35. The van der Waals surface area contributed by atoms with E-state index >= 15 is 0 Å². The predicted molar refractivity (Wildman–Crippen MR) is 102 cm³/mol. The molecule has 3 rings (SSSR count). The molecule has 0 aromatic heterocycles. The molecule has 0 spiro atoms. The number of aryl methyl sites for hydroxylation is 1. The third-order valence-corrected chi connectivity index (χ3v) is 6.25. The van der Waals surface area contributed by atoms with Crippen molar-refractivity contribution in [1.82, 2.24) is 0 Å². The first kappa shape index (κ1) is 20.5. The number of hydrogen-bond acceptors (Lipinski definition) is 4. The van der Waals surface area contributed by atoms with Gasteiger partial charge < -0.3 is 14.6 Å². The van der Waals surface area contributed by atoms with E-state index in [1.54, 1.807) is 32.0 Å². The smallest absolute Gasteiger partial charge is 0.160 e. The van der Waals surface area contributed by atoms with Crippen molar-refractivity contribution in [2.75, 3.05) is 7.11 Å². The van der Waals surface area contributed by atoms with Crippen molar-refractivity contribution < 1.29 is 19.4 Å². The molecule has 1 N–H and O–H groups in total. The Morgan fingerprint density at radius 3 is 2.38 bits per heavy atom. The number of carbonyl (C=O) groups excluding carboxylic acids is 2. The minimum atomic E-state index is 0.124. The van der Waals surface area contributed by atoms with E-state index in [0.29, 0.717) is 35.7 Å². The number of fused-ring (bicyclic) bond motifs is 2. The van der Waals surface area contributed by atoms with Crippen molar-refractivity contribution in [1.29, 1.82) is 0 Å². The lowest BCUT2D eigenvalue weighted by Gasteiger charge is -2.36. The molecular weight excluding hydrogens is 328 g/mol. The highest BCUT2D eigenvalue weighted by Crippen LogP contribution is 2.59. The van der Waals surface area contributed by atoms with Gasteiger partial charge in [0.05, 0.1) is 7.11 Å². The summed E-state index contributed by atoms with van der Waals surface area (Å²) < 4.78 is 4.96. The first-order chi connectivity index (χ1) is 12.2. The highest BCUT2D eigenvalue weighted by atomic mass is 16.5. The van der Waals surface area contributed by atoms with Gasteiger partial charge in [0.25, 0.3) is 0 Å². The lowest BCUT2D eigenvalue weighted by molar-refractivity contribution is -0.126. The van der Waals surface area contributed by atoms with Crippen LogP contribution in [0.15, 0.2) is 18.2 Å². The number of rotatable bonds is 5. The SMILES string of the molecule is CC(=O)C1C2CCC(C2)C1(C)C.COc1cc(CCC(C)=O)ccc1O. The Bertz CT molecular complexity index is 662. The monoisotopic (exact) mass is 360 g/mol. The van der Waals surface area contributed by atoms with Gasteiger partial charge in [-0.3, -0.25) is 4.79 Å². The molecule has 2 bridgehead atoms. The number of methoxy groups -OCH3 is 1. The summed E-state index contributed by atoms with van der Waals surface area (Å²) in [6.45, 7) is 7.90. The normalized spacial score (nSPS) is 25.3. The van der Waals surface area contributed by atoms with E-state index in [1.165, 1.54) is 26.4 Å². The molecular formula is C22H32O4. The van der Waals surface area contributed by atoms with Crippen molar-refractivity contribution in [2.24, 2.45) is 23.2 Å². The quantitative estimate of drug-likeness (QED) is 0.835. The van der Waals surface area contributed by atoms with Crippen LogP contribution < -0.4 is 4.74 Å². The van der Waals surface area contributed by atoms with Crippen LogP contribution in [-0.4, -0.2) is 23.8 Å². The van der Waals surface area contributed by atoms with Gasteiger partial charge in [0.15, 0.2) is 11.5 Å². The fourth-order valence-electron chi connectivity index (χ4n) is 4.91. The van der Waals surface area contributed by atoms with Crippen LogP contribution in [0.1, 0.15) is 58.9 Å². The molecule has 1 aromatic carbocycles. The van der Waals surface area contributed by atoms with E-state index in [0.717, 1.165) is 17.4 Å². The standard InChI is InChI=1S/C11H14O3.C11H18O/c1-8(12)3-4-9-5-6-10(13)11(7-9)14-2;1-7(12)10-8-4-5-9(6-8)11(10,2)3/h5-7,13H,3-4H2,1-2H3;8-10H,4-6H2,1-3H3. The zero-order valence-electron chi connectivity index (χ0n) is 16.7. The number of phenols is 1. The zero-order chi connectivity index (χ0) is 19.5. The average Bonchev–Trinajstić information content (AvgIpc) is 3.13. The summed E-state index contributed by atoms with van der Waals surface area (Å²) in [7, 11) is 1.50. The van der Waals surface area contributed by atoms with E-state index in [1.807, 2.05) is 0 Å². The van der Waals surface area contributed by atoms with Crippen LogP contribution in [0, 0.1) is 23.2 Å². The lowest BCUT2D eigenvalue weighted by atomic mass is 9.67. The van der Waals surface area contributed by atoms with Crippen molar-refractivity contribution in [3.8, 4) is 11.5 Å². The Hall–Kier alpha value is -1.84. The summed E-state index contributed by atoms with van der Waals surface area (Å²) in [4.78, 5) is 22.2. The van der Waals surface area contributed by atoms with E-state index < -0.39 is 0 Å². The van der Waals surface area contributed by atoms with Crippen LogP contribution >= 0.6 is 0 Å². The fraction of sp³-hybridized carbons (Fsp3) is 0.636. The minimum absolute atomic E-state index is 0.124. The second kappa shape index (κ2) is 8.24. The van der Waals surface area contributed by atoms with Gasteiger partial charge in [0.2, 0.25) is 0 Å². The minimum Gasteiger partial charge on any atom is -0.504 e. The Morgan fingerprint density at radius 1 is 1.23 bits per heavy atom. The van der Waals surface area contributed by atoms with Crippen LogP contribution in [-0.2, 0) is 16.0 Å². The molecule has 2 aliphatic carbocycles. The second-order valence-electron chi connectivity index (χ2n) is 8.39. The molecule has 0 saturated heterocycles. The molecule has 2 fully saturated rings. The van der Waals surface area contributed by atoms with Crippen LogP contribution in [0.3, 0.4) is 0 Å². The highest BCUT2D eigenvalue weighted by molar-refractivity contribution is 5.80. The summed E-state index contributed by atoms with van der Waals surface area (Å²) >= 11 is 0. The van der Waals surface area contributed by atoms with Gasteiger partial charge in [-0.25, -0.2) is 0 Å². The van der Waals surface area contributed by atoms with E-state index in [-0.39, 0.29) is 11.5 Å². The first-order valence-electron chi connectivity index (χ1n) is 9.52. The van der Waals surface area contributed by atoms with E-state index in [9.17, 15) is 14.7 Å². The summed E-state index contributed by atoms with van der Waals surface area (Å²) in [6.07, 6.45) is 5.19. The molecule has 2 aliphatic rings. The number of benzene rings is 1. The highest BCUT2D eigenvalue weighted by Gasteiger charge is 2.54. The number of aromatic hydroxyl groups is 1. The number of hydrogen-bond donors (Lipinski definition) is 1. The maximum Gasteiger partial charge on any atom is 0.160 e. The number of ether oxygens (including phenoxy) is 1. The van der Waals surface area contributed by atoms with Crippen molar-refractivity contribution >= 4 is 11.6 Å². The van der Waals surface area contributed by atoms with Crippen LogP contribution in [0.25, 0.3) is 0 Å². The topological polar surface area (TPSA) is 63.6 Å². The largest absolute Gasteiger partial charge is 0.504 e. The molecule has 3 unspecified atom stereocenters. The third kappa shape index (κ3) is 4.46. The fourth-order valence-corrected chi connectivity index (χ4v) is 4.91. The first-order valence-corrected chi connectivity index (χ1v) is 9.52. The Balaban J connectivity index is 0.000000189. The van der Waals surface area contributed by atoms with Gasteiger partial charge in [-0.1, -0.05) is 19.9 Å². The summed E-state index contributed by atoms with van der Waals surface area (Å²) in [5.41, 5.74) is 1.30. The van der Waals surface area contributed by atoms with Gasteiger partial charge in [-0.15, -0.1) is 0 Å². The number of phenolic OH excluding ortho intramolecular Hbond substituents is 1. The summed E-state index contributed by atoms with van der Waals surface area (Å²) in [5.74, 6) is 3.09. The Kier molecular flexibility index (Phi) is 6.48. The molecule has 0 radical (unpaired) electrons. The van der Waals surface area contributed by atoms with Crippen LogP contribution in [0.2, 0.25) is 0 Å². The molecule has 1 aromatic rings. The molecule has 26 heavy (non-hydrogen) atoms. The molecule has 0 amide bonds. The summed E-state index contributed by atoms with van der Waals surface area (Å²) in [6, 6.07) is 5.12. The molecule has 3 atom stereocenters. The molecule has 0 aliphatic heterocycles. The molecule has 4 nitrogen and oxygen atoms in total.